The lowest BCUT2D eigenvalue weighted by Gasteiger charge is -2.18. The first-order valence-corrected chi connectivity index (χ1v) is 6.63. The van der Waals surface area contributed by atoms with Crippen LogP contribution >= 0.6 is 11.6 Å². The van der Waals surface area contributed by atoms with Gasteiger partial charge in [0, 0.05) is 19.3 Å². The van der Waals surface area contributed by atoms with Crippen LogP contribution in [0.4, 0.5) is 0 Å². The van der Waals surface area contributed by atoms with Gasteiger partial charge < -0.3 is 0 Å². The van der Waals surface area contributed by atoms with Crippen molar-refractivity contribution >= 4 is 11.6 Å². The highest BCUT2D eigenvalue weighted by atomic mass is 35.5. The number of hydrazine groups is 1. The fourth-order valence-electron chi connectivity index (χ4n) is 2.46. The third-order valence-corrected chi connectivity index (χ3v) is 3.95. The van der Waals surface area contributed by atoms with Crippen LogP contribution in [0, 0.1) is 6.92 Å². The largest absolute Gasteiger partial charge is 0.258 e. The van der Waals surface area contributed by atoms with Gasteiger partial charge >= 0.3 is 0 Å². The molecule has 2 rings (SSSR count). The Morgan fingerprint density at radius 1 is 1.41 bits per heavy atom. The van der Waals surface area contributed by atoms with Crippen LogP contribution in [0.3, 0.4) is 0 Å². The summed E-state index contributed by atoms with van der Waals surface area (Å²) in [5.41, 5.74) is 5.65. The molecule has 1 fully saturated rings. The molecular formula is C13H20ClN3. The SMILES string of the molecule is CNN1CCC[C@H](c2cnc(Cl)c(C)c2)CC1. The second kappa shape index (κ2) is 5.80. The summed E-state index contributed by atoms with van der Waals surface area (Å²) in [5.74, 6) is 0.622. The Bertz CT molecular complexity index is 381. The highest BCUT2D eigenvalue weighted by molar-refractivity contribution is 6.30. The van der Waals surface area contributed by atoms with E-state index in [4.69, 9.17) is 11.6 Å². The summed E-state index contributed by atoms with van der Waals surface area (Å²) < 4.78 is 0. The van der Waals surface area contributed by atoms with E-state index < -0.39 is 0 Å². The average Bonchev–Trinajstić information content (AvgIpc) is 2.58. The maximum absolute atomic E-state index is 5.97. The minimum absolute atomic E-state index is 0.622. The molecule has 2 heterocycles. The van der Waals surface area contributed by atoms with E-state index in [0.29, 0.717) is 11.1 Å². The van der Waals surface area contributed by atoms with Crippen LogP contribution in [-0.4, -0.2) is 30.1 Å². The molecule has 3 nitrogen and oxygen atoms in total. The third-order valence-electron chi connectivity index (χ3n) is 3.55. The number of halogens is 1. The van der Waals surface area contributed by atoms with Gasteiger partial charge in [-0.05, 0) is 50.3 Å². The molecule has 1 N–H and O–H groups in total. The lowest BCUT2D eigenvalue weighted by atomic mass is 9.93. The van der Waals surface area contributed by atoms with E-state index in [0.717, 1.165) is 18.7 Å². The molecule has 1 atom stereocenters. The number of nitrogens with zero attached hydrogens (tertiary/aromatic N) is 2. The molecule has 4 heteroatoms. The molecule has 0 aliphatic carbocycles. The van der Waals surface area contributed by atoms with Gasteiger partial charge in [-0.3, -0.25) is 5.43 Å². The number of hydrogen-bond donors (Lipinski definition) is 1. The van der Waals surface area contributed by atoms with Crippen LogP contribution in [0.15, 0.2) is 12.3 Å². The quantitative estimate of drug-likeness (QED) is 0.822. The van der Waals surface area contributed by atoms with E-state index >= 15 is 0 Å². The van der Waals surface area contributed by atoms with Crippen molar-refractivity contribution in [1.82, 2.24) is 15.4 Å². The molecule has 0 aromatic carbocycles. The highest BCUT2D eigenvalue weighted by Gasteiger charge is 2.18. The smallest absolute Gasteiger partial charge is 0.131 e. The van der Waals surface area contributed by atoms with Crippen LogP contribution in [0.25, 0.3) is 0 Å². The van der Waals surface area contributed by atoms with Gasteiger partial charge in [-0.15, -0.1) is 0 Å². The minimum atomic E-state index is 0.622. The summed E-state index contributed by atoms with van der Waals surface area (Å²) >= 11 is 5.97. The van der Waals surface area contributed by atoms with Crippen molar-refractivity contribution in [2.24, 2.45) is 0 Å². The zero-order valence-corrected chi connectivity index (χ0v) is 11.3. The van der Waals surface area contributed by atoms with E-state index in [1.165, 1.54) is 24.8 Å². The monoisotopic (exact) mass is 253 g/mol. The van der Waals surface area contributed by atoms with Gasteiger partial charge in [-0.1, -0.05) is 17.7 Å². The summed E-state index contributed by atoms with van der Waals surface area (Å²) in [6.45, 7) is 4.26. The lowest BCUT2D eigenvalue weighted by Crippen LogP contribution is -2.35. The van der Waals surface area contributed by atoms with Gasteiger partial charge in [0.05, 0.1) is 0 Å². The molecule has 1 aromatic heterocycles. The van der Waals surface area contributed by atoms with Crippen molar-refractivity contribution in [3.05, 3.63) is 28.5 Å². The Morgan fingerprint density at radius 2 is 2.24 bits per heavy atom. The molecule has 0 spiro atoms. The van der Waals surface area contributed by atoms with Crippen LogP contribution in [0.2, 0.25) is 5.15 Å². The van der Waals surface area contributed by atoms with Crippen molar-refractivity contribution in [3.63, 3.8) is 0 Å². The summed E-state index contributed by atoms with van der Waals surface area (Å²) in [6.07, 6.45) is 5.59. The molecular weight excluding hydrogens is 234 g/mol. The van der Waals surface area contributed by atoms with Gasteiger partial charge in [-0.25, -0.2) is 9.99 Å². The van der Waals surface area contributed by atoms with Crippen molar-refractivity contribution in [2.75, 3.05) is 20.1 Å². The first-order valence-electron chi connectivity index (χ1n) is 6.25. The van der Waals surface area contributed by atoms with Crippen molar-refractivity contribution in [2.45, 2.75) is 32.1 Å². The maximum atomic E-state index is 5.97. The molecule has 1 aromatic rings. The zero-order chi connectivity index (χ0) is 12.3. The lowest BCUT2D eigenvalue weighted by molar-refractivity contribution is 0.216. The fraction of sp³-hybridized carbons (Fsp3) is 0.615. The van der Waals surface area contributed by atoms with Crippen LogP contribution in [0.5, 0.6) is 0 Å². The second-order valence-corrected chi connectivity index (χ2v) is 5.07. The molecule has 17 heavy (non-hydrogen) atoms. The number of pyridine rings is 1. The molecule has 1 aliphatic rings. The molecule has 1 aliphatic heterocycles. The summed E-state index contributed by atoms with van der Waals surface area (Å²) in [4.78, 5) is 4.26. The first kappa shape index (κ1) is 12.8. The average molecular weight is 254 g/mol. The Labute approximate surface area is 108 Å². The van der Waals surface area contributed by atoms with Crippen LogP contribution in [0.1, 0.15) is 36.3 Å². The molecule has 0 amide bonds. The predicted octanol–water partition coefficient (Wildman–Crippen LogP) is 2.75. The zero-order valence-electron chi connectivity index (χ0n) is 10.5. The summed E-state index contributed by atoms with van der Waals surface area (Å²) in [7, 11) is 1.99. The molecule has 0 unspecified atom stereocenters. The molecule has 0 radical (unpaired) electrons. The molecule has 0 bridgehead atoms. The van der Waals surface area contributed by atoms with E-state index in [1.54, 1.807) is 0 Å². The van der Waals surface area contributed by atoms with Crippen molar-refractivity contribution < 1.29 is 0 Å². The van der Waals surface area contributed by atoms with E-state index in [1.807, 2.05) is 20.2 Å². The van der Waals surface area contributed by atoms with Crippen molar-refractivity contribution in [1.29, 1.82) is 0 Å². The highest BCUT2D eigenvalue weighted by Crippen LogP contribution is 2.28. The van der Waals surface area contributed by atoms with Crippen LogP contribution < -0.4 is 5.43 Å². The van der Waals surface area contributed by atoms with E-state index in [2.05, 4.69) is 21.5 Å². The Morgan fingerprint density at radius 3 is 2.94 bits per heavy atom. The van der Waals surface area contributed by atoms with Gasteiger partial charge in [0.1, 0.15) is 5.15 Å². The summed E-state index contributed by atoms with van der Waals surface area (Å²) in [6, 6.07) is 2.19. The molecule has 1 saturated heterocycles. The Balaban J connectivity index is 2.08. The van der Waals surface area contributed by atoms with Gasteiger partial charge in [0.15, 0.2) is 0 Å². The van der Waals surface area contributed by atoms with Gasteiger partial charge in [-0.2, -0.15) is 0 Å². The standard InChI is InChI=1S/C13H20ClN3/c1-10-8-12(9-16-13(10)14)11-4-3-6-17(15-2)7-5-11/h8-9,11,15H,3-7H2,1-2H3/t11-/m0/s1. The fourth-order valence-corrected chi connectivity index (χ4v) is 2.56. The predicted molar refractivity (Wildman–Crippen MR) is 71.2 cm³/mol. The van der Waals surface area contributed by atoms with Gasteiger partial charge in [0.2, 0.25) is 0 Å². The number of aromatic nitrogens is 1. The Hall–Kier alpha value is -0.640. The first-order chi connectivity index (χ1) is 8.20. The second-order valence-electron chi connectivity index (χ2n) is 4.71. The minimum Gasteiger partial charge on any atom is -0.258 e. The number of aryl methyl sites for hydroxylation is 1. The van der Waals surface area contributed by atoms with E-state index in [9.17, 15) is 0 Å². The molecule has 94 valence electrons. The van der Waals surface area contributed by atoms with Gasteiger partial charge in [0.25, 0.3) is 0 Å². The van der Waals surface area contributed by atoms with Crippen molar-refractivity contribution in [3.8, 4) is 0 Å². The van der Waals surface area contributed by atoms with Crippen LogP contribution in [-0.2, 0) is 0 Å². The molecule has 0 saturated carbocycles. The summed E-state index contributed by atoms with van der Waals surface area (Å²) in [5, 5.41) is 2.91. The third kappa shape index (κ3) is 3.18. The maximum Gasteiger partial charge on any atom is 0.131 e. The Kier molecular flexibility index (Phi) is 4.37. The number of rotatable bonds is 2. The number of hydrogen-bond acceptors (Lipinski definition) is 3. The van der Waals surface area contributed by atoms with E-state index in [-0.39, 0.29) is 0 Å². The normalized spacial score (nSPS) is 22.4. The topological polar surface area (TPSA) is 28.2 Å². The number of nitrogens with one attached hydrogen (secondary N) is 1.